The van der Waals surface area contributed by atoms with Gasteiger partial charge < -0.3 is 43.2 Å². The quantitative estimate of drug-likeness (QED) is 0.279. The highest BCUT2D eigenvalue weighted by molar-refractivity contribution is 5.95. The highest BCUT2D eigenvalue weighted by Crippen LogP contribution is 2.35. The van der Waals surface area contributed by atoms with Gasteiger partial charge in [-0.05, 0) is 35.7 Å². The van der Waals surface area contributed by atoms with E-state index in [4.69, 9.17) is 37.9 Å². The molecule has 6 atom stereocenters. The fraction of sp³-hybridized carbons (Fsp3) is 0.469. The monoisotopic (exact) mass is 643 g/mol. The summed E-state index contributed by atoms with van der Waals surface area (Å²) in [5, 5.41) is 2.89. The Morgan fingerprint density at radius 1 is 0.826 bits per heavy atom. The Balaban J connectivity index is 1.57. The Morgan fingerprint density at radius 2 is 1.50 bits per heavy atom. The zero-order chi connectivity index (χ0) is 33.4. The molecule has 0 aromatic heterocycles. The molecule has 2 aliphatic rings. The molecule has 0 radical (unpaired) electrons. The summed E-state index contributed by atoms with van der Waals surface area (Å²) >= 11 is 0. The van der Waals surface area contributed by atoms with Crippen LogP contribution in [0, 0.1) is 0 Å². The summed E-state index contributed by atoms with van der Waals surface area (Å²) < 4.78 is 44.8. The maximum Gasteiger partial charge on any atom is 0.303 e. The van der Waals surface area contributed by atoms with E-state index < -0.39 is 61.2 Å². The standard InChI is InChI=1S/C32H37NO13/c1-17(34)41-16-27-28(42-18(2)35)29(43-19(3)36)30(44-20(4)37)32(46-27)45-24-11-10-22(14-25(24)39-5)31(38)33-15-26-23-9-7-6-8-21(23)12-13-40-26/h6-11,14,26-30,32H,12-13,15-16H2,1-5H3,(H,33,38)/t26-,27-,28+,29-,30+,32+/m1/s1. The molecule has 1 N–H and O–H groups in total. The number of methoxy groups -OCH3 is 1. The fourth-order valence-electron chi connectivity index (χ4n) is 5.25. The van der Waals surface area contributed by atoms with Crippen LogP contribution in [0.2, 0.25) is 0 Å². The molecule has 2 aromatic carbocycles. The highest BCUT2D eigenvalue weighted by atomic mass is 16.7. The van der Waals surface area contributed by atoms with Gasteiger partial charge in [0.15, 0.2) is 23.7 Å². The molecule has 46 heavy (non-hydrogen) atoms. The Bertz CT molecular complexity index is 1440. The molecular formula is C32H37NO13. The molecule has 14 nitrogen and oxygen atoms in total. The Hall–Kier alpha value is -4.69. The van der Waals surface area contributed by atoms with Crippen molar-refractivity contribution in [1.29, 1.82) is 0 Å². The maximum atomic E-state index is 13.1. The third-order valence-electron chi connectivity index (χ3n) is 7.16. The van der Waals surface area contributed by atoms with E-state index in [0.717, 1.165) is 32.8 Å². The largest absolute Gasteiger partial charge is 0.493 e. The Morgan fingerprint density at radius 3 is 2.17 bits per heavy atom. The second kappa shape index (κ2) is 15.5. The molecule has 1 fully saturated rings. The number of nitrogens with one attached hydrogen (secondary N) is 1. The maximum absolute atomic E-state index is 13.1. The van der Waals surface area contributed by atoms with E-state index in [9.17, 15) is 24.0 Å². The van der Waals surface area contributed by atoms with E-state index in [2.05, 4.69) is 5.32 Å². The fourth-order valence-corrected chi connectivity index (χ4v) is 5.25. The summed E-state index contributed by atoms with van der Waals surface area (Å²) in [5.41, 5.74) is 2.47. The molecule has 0 saturated carbocycles. The number of amides is 1. The van der Waals surface area contributed by atoms with Crippen molar-refractivity contribution in [2.45, 2.75) is 70.9 Å². The first-order chi connectivity index (χ1) is 22.0. The van der Waals surface area contributed by atoms with Crippen LogP contribution in [-0.4, -0.2) is 87.4 Å². The van der Waals surface area contributed by atoms with E-state index in [1.807, 2.05) is 24.3 Å². The van der Waals surface area contributed by atoms with Gasteiger partial charge >= 0.3 is 23.9 Å². The van der Waals surface area contributed by atoms with Gasteiger partial charge in [-0.1, -0.05) is 24.3 Å². The lowest BCUT2D eigenvalue weighted by Gasteiger charge is -2.44. The van der Waals surface area contributed by atoms with Crippen molar-refractivity contribution in [1.82, 2.24) is 5.32 Å². The Kier molecular flexibility index (Phi) is 11.6. The molecule has 1 saturated heterocycles. The van der Waals surface area contributed by atoms with Crippen LogP contribution < -0.4 is 14.8 Å². The number of ether oxygens (including phenoxy) is 8. The van der Waals surface area contributed by atoms with Crippen LogP contribution in [0.3, 0.4) is 0 Å². The summed E-state index contributed by atoms with van der Waals surface area (Å²) in [4.78, 5) is 60.9. The van der Waals surface area contributed by atoms with Crippen molar-refractivity contribution < 1.29 is 61.9 Å². The van der Waals surface area contributed by atoms with Crippen molar-refractivity contribution in [3.8, 4) is 11.5 Å². The smallest absolute Gasteiger partial charge is 0.303 e. The average molecular weight is 644 g/mol. The Labute approximate surface area is 265 Å². The minimum absolute atomic E-state index is 0.0736. The number of benzene rings is 2. The van der Waals surface area contributed by atoms with Crippen molar-refractivity contribution in [3.63, 3.8) is 0 Å². The molecular weight excluding hydrogens is 606 g/mol. The van der Waals surface area contributed by atoms with Gasteiger partial charge in [-0.3, -0.25) is 24.0 Å². The number of carbonyl (C=O) groups is 5. The van der Waals surface area contributed by atoms with Gasteiger partial charge in [0, 0.05) is 39.8 Å². The molecule has 2 heterocycles. The second-order valence-corrected chi connectivity index (χ2v) is 10.6. The summed E-state index contributed by atoms with van der Waals surface area (Å²) in [5.74, 6) is -3.14. The number of rotatable bonds is 11. The second-order valence-electron chi connectivity index (χ2n) is 10.6. The van der Waals surface area contributed by atoms with Crippen LogP contribution >= 0.6 is 0 Å². The van der Waals surface area contributed by atoms with Crippen LogP contribution in [0.15, 0.2) is 42.5 Å². The van der Waals surface area contributed by atoms with Gasteiger partial charge in [-0.2, -0.15) is 0 Å². The van der Waals surface area contributed by atoms with E-state index in [-0.39, 0.29) is 35.6 Å². The highest BCUT2D eigenvalue weighted by Gasteiger charge is 2.53. The number of carbonyl (C=O) groups excluding carboxylic acids is 5. The molecule has 14 heteroatoms. The van der Waals surface area contributed by atoms with Crippen LogP contribution in [-0.2, 0) is 54.0 Å². The van der Waals surface area contributed by atoms with Gasteiger partial charge in [-0.25, -0.2) is 0 Å². The predicted octanol–water partition coefficient (Wildman–Crippen LogP) is 2.20. The van der Waals surface area contributed by atoms with E-state index in [0.29, 0.717) is 6.61 Å². The molecule has 4 rings (SSSR count). The lowest BCUT2D eigenvalue weighted by atomic mass is 9.97. The van der Waals surface area contributed by atoms with Crippen LogP contribution in [0.25, 0.3) is 0 Å². The topological polar surface area (TPSA) is 171 Å². The molecule has 0 unspecified atom stereocenters. The summed E-state index contributed by atoms with van der Waals surface area (Å²) in [6.07, 6.45) is -6.34. The van der Waals surface area contributed by atoms with Crippen molar-refractivity contribution >= 4 is 29.8 Å². The van der Waals surface area contributed by atoms with E-state index in [1.54, 1.807) is 0 Å². The molecule has 0 aliphatic carbocycles. The van der Waals surface area contributed by atoms with Crippen molar-refractivity contribution in [2.75, 3.05) is 26.9 Å². The summed E-state index contributed by atoms with van der Waals surface area (Å²) in [6.45, 7) is 4.93. The first-order valence-electron chi connectivity index (χ1n) is 14.6. The minimum atomic E-state index is -1.47. The third kappa shape index (κ3) is 8.73. The number of fused-ring (bicyclic) bond motifs is 1. The zero-order valence-electron chi connectivity index (χ0n) is 26.1. The molecule has 1 amide bonds. The van der Waals surface area contributed by atoms with Gasteiger partial charge in [-0.15, -0.1) is 0 Å². The number of hydrogen-bond donors (Lipinski definition) is 1. The summed E-state index contributed by atoms with van der Waals surface area (Å²) in [7, 11) is 1.36. The van der Waals surface area contributed by atoms with Gasteiger partial charge in [0.05, 0.1) is 13.7 Å². The molecule has 0 bridgehead atoms. The van der Waals surface area contributed by atoms with Gasteiger partial charge in [0.1, 0.15) is 18.8 Å². The van der Waals surface area contributed by atoms with E-state index >= 15 is 0 Å². The minimum Gasteiger partial charge on any atom is -0.493 e. The lowest BCUT2D eigenvalue weighted by molar-refractivity contribution is -0.288. The predicted molar refractivity (Wildman–Crippen MR) is 157 cm³/mol. The first-order valence-corrected chi connectivity index (χ1v) is 14.6. The van der Waals surface area contributed by atoms with Crippen LogP contribution in [0.1, 0.15) is 55.3 Å². The number of hydrogen-bond acceptors (Lipinski definition) is 13. The zero-order valence-corrected chi connectivity index (χ0v) is 26.1. The molecule has 248 valence electrons. The average Bonchev–Trinajstić information content (AvgIpc) is 3.01. The first kappa shape index (κ1) is 34.2. The molecule has 2 aromatic rings. The van der Waals surface area contributed by atoms with Crippen LogP contribution in [0.4, 0.5) is 0 Å². The lowest BCUT2D eigenvalue weighted by Crippen LogP contribution is -2.63. The van der Waals surface area contributed by atoms with Gasteiger partial charge in [0.2, 0.25) is 12.4 Å². The molecule has 2 aliphatic heterocycles. The SMILES string of the molecule is COc1cc(C(=O)NC[C@H]2OCCc3ccccc32)ccc1O[C@H]1O[C@H](COC(C)=O)[C@H](OC(C)=O)[C@@H](OC(C)=O)[C@@H]1OC(C)=O. The van der Waals surface area contributed by atoms with Crippen molar-refractivity contribution in [3.05, 3.63) is 59.2 Å². The number of esters is 4. The normalized spacial score (nSPS) is 23.6. The van der Waals surface area contributed by atoms with E-state index in [1.165, 1.54) is 37.8 Å². The molecule has 0 spiro atoms. The third-order valence-corrected chi connectivity index (χ3v) is 7.16. The van der Waals surface area contributed by atoms with Gasteiger partial charge in [0.25, 0.3) is 5.91 Å². The summed E-state index contributed by atoms with van der Waals surface area (Å²) in [6, 6.07) is 12.3. The van der Waals surface area contributed by atoms with Crippen molar-refractivity contribution in [2.24, 2.45) is 0 Å². The van der Waals surface area contributed by atoms with Crippen LogP contribution in [0.5, 0.6) is 11.5 Å².